The van der Waals surface area contributed by atoms with E-state index in [2.05, 4.69) is 29.6 Å². The molecule has 1 aliphatic rings. The molecular weight excluding hydrogens is 234 g/mol. The lowest BCUT2D eigenvalue weighted by atomic mass is 9.93. The summed E-state index contributed by atoms with van der Waals surface area (Å²) in [5.74, 6) is 0.260. The van der Waals surface area contributed by atoms with Gasteiger partial charge in [-0.1, -0.05) is 42.5 Å². The van der Waals surface area contributed by atoms with E-state index in [4.69, 9.17) is 0 Å². The van der Waals surface area contributed by atoms with Gasteiger partial charge in [-0.2, -0.15) is 0 Å². The van der Waals surface area contributed by atoms with Crippen LogP contribution < -0.4 is 5.32 Å². The molecule has 0 unspecified atom stereocenters. The molecule has 0 saturated carbocycles. The van der Waals surface area contributed by atoms with Gasteiger partial charge in [0.25, 0.3) is 0 Å². The molecule has 1 N–H and O–H groups in total. The Kier molecular flexibility index (Phi) is 3.32. The van der Waals surface area contributed by atoms with E-state index in [0.29, 0.717) is 0 Å². The summed E-state index contributed by atoms with van der Waals surface area (Å²) in [5.41, 5.74) is 0.887. The fraction of sp³-hybridized carbons (Fsp3) is 0.235. The highest BCUT2D eigenvalue weighted by molar-refractivity contribution is 5.95. The third kappa shape index (κ3) is 2.68. The molecule has 0 aromatic heterocycles. The summed E-state index contributed by atoms with van der Waals surface area (Å²) in [5, 5.41) is 5.38. The number of carbonyl (C=O) groups excluding carboxylic acids is 1. The summed E-state index contributed by atoms with van der Waals surface area (Å²) < 4.78 is 0. The lowest BCUT2D eigenvalue weighted by Crippen LogP contribution is -2.23. The number of hydrogen-bond donors (Lipinski definition) is 1. The van der Waals surface area contributed by atoms with E-state index in [1.54, 1.807) is 0 Å². The lowest BCUT2D eigenvalue weighted by molar-refractivity contribution is -0.120. The molecule has 1 amide bonds. The quantitative estimate of drug-likeness (QED) is 0.799. The average Bonchev–Trinajstić information content (AvgIpc) is 2.48. The van der Waals surface area contributed by atoms with Crippen molar-refractivity contribution in [3.63, 3.8) is 0 Å². The van der Waals surface area contributed by atoms with Crippen LogP contribution in [-0.4, -0.2) is 5.91 Å². The first-order valence-electron chi connectivity index (χ1n) is 6.77. The molecular formula is C17H17NO. The molecule has 0 heterocycles. The summed E-state index contributed by atoms with van der Waals surface area (Å²) >= 11 is 0. The van der Waals surface area contributed by atoms with Crippen molar-refractivity contribution in [2.75, 3.05) is 5.32 Å². The van der Waals surface area contributed by atoms with Crippen molar-refractivity contribution in [3.8, 4) is 0 Å². The van der Waals surface area contributed by atoms with Gasteiger partial charge >= 0.3 is 0 Å². The molecule has 0 bridgehead atoms. The van der Waals surface area contributed by atoms with Gasteiger partial charge in [0.05, 0.1) is 0 Å². The van der Waals surface area contributed by atoms with Crippen LogP contribution >= 0.6 is 0 Å². The Bertz CT molecular complexity index is 630. The van der Waals surface area contributed by atoms with Crippen molar-refractivity contribution in [3.05, 3.63) is 54.6 Å². The molecule has 0 fully saturated rings. The van der Waals surface area contributed by atoms with Crippen LogP contribution in [-0.2, 0) is 4.79 Å². The molecule has 2 aromatic carbocycles. The lowest BCUT2D eigenvalue weighted by Gasteiger charge is -2.17. The standard InChI is InChI=1S/C17H17NO/c19-17(14-7-2-1-3-8-14)18-16-11-10-13-6-4-5-9-15(13)12-16/h1-2,4-6,9-12,14H,3,7-8H2,(H,18,19)/t14-/m1/s1. The highest BCUT2D eigenvalue weighted by atomic mass is 16.1. The summed E-state index contributed by atoms with van der Waals surface area (Å²) in [6, 6.07) is 14.2. The topological polar surface area (TPSA) is 29.1 Å². The van der Waals surface area contributed by atoms with Crippen molar-refractivity contribution in [2.45, 2.75) is 19.3 Å². The molecule has 2 aromatic rings. The molecule has 0 saturated heterocycles. The molecule has 0 spiro atoms. The Morgan fingerprint density at radius 1 is 1.05 bits per heavy atom. The van der Waals surface area contributed by atoms with E-state index in [0.717, 1.165) is 30.3 Å². The molecule has 2 nitrogen and oxygen atoms in total. The minimum absolute atomic E-state index is 0.122. The van der Waals surface area contributed by atoms with Gasteiger partial charge in [-0.3, -0.25) is 4.79 Å². The van der Waals surface area contributed by atoms with Crippen molar-refractivity contribution >= 4 is 22.4 Å². The molecule has 1 aliphatic carbocycles. The van der Waals surface area contributed by atoms with E-state index in [1.807, 2.05) is 30.3 Å². The van der Waals surface area contributed by atoms with Crippen LogP contribution in [0.3, 0.4) is 0 Å². The Balaban J connectivity index is 1.77. The van der Waals surface area contributed by atoms with Crippen molar-refractivity contribution < 1.29 is 4.79 Å². The van der Waals surface area contributed by atoms with Crippen molar-refractivity contribution in [1.29, 1.82) is 0 Å². The van der Waals surface area contributed by atoms with Gasteiger partial charge in [-0.15, -0.1) is 0 Å². The van der Waals surface area contributed by atoms with Gasteiger partial charge in [0.2, 0.25) is 5.91 Å². The Morgan fingerprint density at radius 2 is 1.89 bits per heavy atom. The van der Waals surface area contributed by atoms with Crippen molar-refractivity contribution in [2.24, 2.45) is 5.92 Å². The normalized spacial score (nSPS) is 18.4. The number of anilines is 1. The number of fused-ring (bicyclic) bond motifs is 1. The van der Waals surface area contributed by atoms with Gasteiger partial charge in [0, 0.05) is 11.6 Å². The first-order chi connectivity index (χ1) is 9.33. The Morgan fingerprint density at radius 3 is 2.68 bits per heavy atom. The largest absolute Gasteiger partial charge is 0.326 e. The first-order valence-corrected chi connectivity index (χ1v) is 6.77. The maximum atomic E-state index is 12.2. The maximum Gasteiger partial charge on any atom is 0.227 e. The number of amides is 1. The molecule has 19 heavy (non-hydrogen) atoms. The monoisotopic (exact) mass is 251 g/mol. The number of allylic oxidation sites excluding steroid dienone is 2. The molecule has 0 radical (unpaired) electrons. The molecule has 1 atom stereocenters. The summed E-state index contributed by atoms with van der Waals surface area (Å²) in [4.78, 5) is 12.2. The number of nitrogens with one attached hydrogen (secondary N) is 1. The predicted octanol–water partition coefficient (Wildman–Crippen LogP) is 4.13. The highest BCUT2D eigenvalue weighted by Gasteiger charge is 2.18. The van der Waals surface area contributed by atoms with E-state index in [9.17, 15) is 4.79 Å². The highest BCUT2D eigenvalue weighted by Crippen LogP contribution is 2.22. The third-order valence-corrected chi connectivity index (χ3v) is 3.66. The minimum atomic E-state index is 0.122. The zero-order valence-electron chi connectivity index (χ0n) is 10.8. The van der Waals surface area contributed by atoms with Gasteiger partial charge < -0.3 is 5.32 Å². The number of carbonyl (C=O) groups is 1. The summed E-state index contributed by atoms with van der Waals surface area (Å²) in [6.45, 7) is 0. The smallest absolute Gasteiger partial charge is 0.227 e. The van der Waals surface area contributed by atoms with Gasteiger partial charge in [-0.25, -0.2) is 0 Å². The summed E-state index contributed by atoms with van der Waals surface area (Å²) in [7, 11) is 0. The minimum Gasteiger partial charge on any atom is -0.326 e. The van der Waals surface area contributed by atoms with Gasteiger partial charge in [0.1, 0.15) is 0 Å². The first kappa shape index (κ1) is 12.0. The average molecular weight is 251 g/mol. The number of rotatable bonds is 2. The molecule has 3 rings (SSSR count). The second kappa shape index (κ2) is 5.27. The second-order valence-corrected chi connectivity index (χ2v) is 5.03. The van der Waals surface area contributed by atoms with Crippen LogP contribution in [0.15, 0.2) is 54.6 Å². The van der Waals surface area contributed by atoms with E-state index in [1.165, 1.54) is 5.39 Å². The number of benzene rings is 2. The van der Waals surface area contributed by atoms with Crippen LogP contribution in [0.1, 0.15) is 19.3 Å². The van der Waals surface area contributed by atoms with E-state index < -0.39 is 0 Å². The van der Waals surface area contributed by atoms with Crippen LogP contribution in [0.25, 0.3) is 10.8 Å². The molecule has 2 heteroatoms. The Hall–Kier alpha value is -2.09. The fourth-order valence-electron chi connectivity index (χ4n) is 2.54. The van der Waals surface area contributed by atoms with Crippen LogP contribution in [0.4, 0.5) is 5.69 Å². The van der Waals surface area contributed by atoms with Crippen LogP contribution in [0.5, 0.6) is 0 Å². The zero-order valence-corrected chi connectivity index (χ0v) is 10.8. The van der Waals surface area contributed by atoms with Crippen LogP contribution in [0.2, 0.25) is 0 Å². The molecule has 0 aliphatic heterocycles. The third-order valence-electron chi connectivity index (χ3n) is 3.66. The van der Waals surface area contributed by atoms with E-state index >= 15 is 0 Å². The second-order valence-electron chi connectivity index (χ2n) is 5.03. The fourth-order valence-corrected chi connectivity index (χ4v) is 2.54. The Labute approximate surface area is 113 Å². The van der Waals surface area contributed by atoms with Crippen LogP contribution in [0, 0.1) is 5.92 Å². The van der Waals surface area contributed by atoms with Gasteiger partial charge in [-0.05, 0) is 42.2 Å². The maximum absolute atomic E-state index is 12.2. The van der Waals surface area contributed by atoms with E-state index in [-0.39, 0.29) is 11.8 Å². The molecule has 96 valence electrons. The summed E-state index contributed by atoms with van der Waals surface area (Å²) in [6.07, 6.45) is 7.08. The predicted molar refractivity (Wildman–Crippen MR) is 79.1 cm³/mol. The van der Waals surface area contributed by atoms with Crippen molar-refractivity contribution in [1.82, 2.24) is 0 Å². The van der Waals surface area contributed by atoms with Gasteiger partial charge in [0.15, 0.2) is 0 Å². The SMILES string of the molecule is O=C(Nc1ccc2ccccc2c1)[C@@H]1CC=CCC1. The zero-order chi connectivity index (χ0) is 13.1. The number of hydrogen-bond acceptors (Lipinski definition) is 1.